The Bertz CT molecular complexity index is 706. The largest absolute Gasteiger partial charge is 0.461 e. The summed E-state index contributed by atoms with van der Waals surface area (Å²) in [6.07, 6.45) is 1.69. The number of esters is 1. The quantitative estimate of drug-likeness (QED) is 0.491. The molecule has 8 heteroatoms. The molecular formula is C12H10Cl2N4O2. The highest BCUT2D eigenvalue weighted by atomic mass is 35.5. The van der Waals surface area contributed by atoms with Crippen molar-refractivity contribution < 1.29 is 9.53 Å². The molecule has 2 aromatic heterocycles. The number of carbonyl (C=O) groups excluding carboxylic acids is 1. The standard InChI is InChI=1S/C12H10Cl2N4O2/c1-2-20-12(19)9-8(3-4-13)10(14)18-11(17-9)7(5-15)6-16-18/h6H,2-4H2,1H3. The van der Waals surface area contributed by atoms with Crippen LogP contribution in [0.3, 0.4) is 0 Å². The predicted octanol–water partition coefficient (Wildman–Crippen LogP) is 2.21. The van der Waals surface area contributed by atoms with Gasteiger partial charge in [0.2, 0.25) is 0 Å². The molecule has 0 amide bonds. The Kier molecular flexibility index (Phi) is 4.42. The average Bonchev–Trinajstić information content (AvgIpc) is 2.85. The lowest BCUT2D eigenvalue weighted by Crippen LogP contribution is -2.14. The summed E-state index contributed by atoms with van der Waals surface area (Å²) >= 11 is 11.9. The Morgan fingerprint density at radius 3 is 2.95 bits per heavy atom. The lowest BCUT2D eigenvalue weighted by atomic mass is 10.2. The number of aromatic nitrogens is 3. The molecule has 104 valence electrons. The van der Waals surface area contributed by atoms with Gasteiger partial charge in [-0.3, -0.25) is 0 Å². The van der Waals surface area contributed by atoms with E-state index < -0.39 is 5.97 Å². The first-order chi connectivity index (χ1) is 9.63. The van der Waals surface area contributed by atoms with Gasteiger partial charge in [0, 0.05) is 11.4 Å². The second kappa shape index (κ2) is 6.07. The van der Waals surface area contributed by atoms with E-state index in [1.165, 1.54) is 10.7 Å². The fourth-order valence-corrected chi connectivity index (χ4v) is 2.25. The van der Waals surface area contributed by atoms with Gasteiger partial charge in [-0.15, -0.1) is 11.6 Å². The van der Waals surface area contributed by atoms with Gasteiger partial charge in [0.05, 0.1) is 12.8 Å². The number of rotatable bonds is 4. The Morgan fingerprint density at radius 2 is 2.35 bits per heavy atom. The summed E-state index contributed by atoms with van der Waals surface area (Å²) in [5, 5.41) is 13.2. The molecule has 0 aliphatic rings. The molecule has 2 rings (SSSR count). The van der Waals surface area contributed by atoms with Crippen molar-refractivity contribution in [3.8, 4) is 6.07 Å². The lowest BCUT2D eigenvalue weighted by Gasteiger charge is -2.10. The third-order valence-electron chi connectivity index (χ3n) is 2.62. The Hall–Kier alpha value is -1.84. The first-order valence-corrected chi connectivity index (χ1v) is 6.74. The van der Waals surface area contributed by atoms with Crippen LogP contribution in [-0.2, 0) is 11.2 Å². The minimum atomic E-state index is -0.595. The van der Waals surface area contributed by atoms with Crippen LogP contribution in [-0.4, -0.2) is 33.1 Å². The fraction of sp³-hybridized carbons (Fsp3) is 0.333. The summed E-state index contributed by atoms with van der Waals surface area (Å²) in [5.41, 5.74) is 0.982. The SMILES string of the molecule is CCOC(=O)c1nc2c(C#N)cnn2c(Cl)c1CCCl. The molecule has 0 atom stereocenters. The number of fused-ring (bicyclic) bond motifs is 1. The Morgan fingerprint density at radius 1 is 1.60 bits per heavy atom. The molecule has 0 spiro atoms. The van der Waals surface area contributed by atoms with Crippen molar-refractivity contribution >= 4 is 34.8 Å². The summed E-state index contributed by atoms with van der Waals surface area (Å²) in [7, 11) is 0. The predicted molar refractivity (Wildman–Crippen MR) is 73.1 cm³/mol. The van der Waals surface area contributed by atoms with Crippen molar-refractivity contribution in [1.82, 2.24) is 14.6 Å². The summed E-state index contributed by atoms with van der Waals surface area (Å²) in [6.45, 7) is 1.91. The van der Waals surface area contributed by atoms with Crippen molar-refractivity contribution in [3.05, 3.63) is 28.2 Å². The molecule has 2 heterocycles. The monoisotopic (exact) mass is 312 g/mol. The van der Waals surface area contributed by atoms with Gasteiger partial charge in [0.15, 0.2) is 11.3 Å². The van der Waals surface area contributed by atoms with Gasteiger partial charge < -0.3 is 4.74 Å². The van der Waals surface area contributed by atoms with Crippen LogP contribution in [0.2, 0.25) is 5.15 Å². The summed E-state index contributed by atoms with van der Waals surface area (Å²) < 4.78 is 6.26. The fourth-order valence-electron chi connectivity index (χ4n) is 1.76. The van der Waals surface area contributed by atoms with Crippen LogP contribution in [0, 0.1) is 11.3 Å². The summed E-state index contributed by atoms with van der Waals surface area (Å²) in [5.74, 6) is -0.326. The lowest BCUT2D eigenvalue weighted by molar-refractivity contribution is 0.0518. The van der Waals surface area contributed by atoms with E-state index >= 15 is 0 Å². The first kappa shape index (κ1) is 14.6. The number of alkyl halides is 1. The maximum Gasteiger partial charge on any atom is 0.357 e. The minimum absolute atomic E-state index is 0.0713. The van der Waals surface area contributed by atoms with Gasteiger partial charge in [-0.1, -0.05) is 11.6 Å². The van der Waals surface area contributed by atoms with E-state index in [-0.39, 0.29) is 34.5 Å². The number of hydrogen-bond donors (Lipinski definition) is 0. The summed E-state index contributed by atoms with van der Waals surface area (Å²) in [6, 6.07) is 1.94. The smallest absolute Gasteiger partial charge is 0.357 e. The van der Waals surface area contributed by atoms with Crippen LogP contribution in [0.5, 0.6) is 0 Å². The van der Waals surface area contributed by atoms with Gasteiger partial charge in [-0.25, -0.2) is 14.3 Å². The highest BCUT2D eigenvalue weighted by molar-refractivity contribution is 6.31. The van der Waals surface area contributed by atoms with Crippen LogP contribution in [0.15, 0.2) is 6.20 Å². The van der Waals surface area contributed by atoms with Crippen LogP contribution in [0.1, 0.15) is 28.5 Å². The highest BCUT2D eigenvalue weighted by Gasteiger charge is 2.22. The van der Waals surface area contributed by atoms with Gasteiger partial charge in [0.25, 0.3) is 0 Å². The molecule has 0 bridgehead atoms. The maximum atomic E-state index is 12.0. The van der Waals surface area contributed by atoms with Gasteiger partial charge in [-0.2, -0.15) is 10.4 Å². The van der Waals surface area contributed by atoms with Crippen molar-refractivity contribution in [2.24, 2.45) is 0 Å². The molecule has 0 N–H and O–H groups in total. The summed E-state index contributed by atoms with van der Waals surface area (Å²) in [4.78, 5) is 16.1. The zero-order valence-electron chi connectivity index (χ0n) is 10.6. The van der Waals surface area contributed by atoms with Crippen LogP contribution in [0.4, 0.5) is 0 Å². The molecule has 0 saturated carbocycles. The second-order valence-corrected chi connectivity index (χ2v) is 4.53. The van der Waals surface area contributed by atoms with Crippen LogP contribution < -0.4 is 0 Å². The second-order valence-electron chi connectivity index (χ2n) is 3.79. The highest BCUT2D eigenvalue weighted by Crippen LogP contribution is 2.23. The average molecular weight is 313 g/mol. The Labute approximate surface area is 124 Å². The first-order valence-electron chi connectivity index (χ1n) is 5.83. The van der Waals surface area contributed by atoms with E-state index in [0.29, 0.717) is 12.0 Å². The number of nitriles is 1. The number of carbonyl (C=O) groups is 1. The molecule has 20 heavy (non-hydrogen) atoms. The molecule has 6 nitrogen and oxygen atoms in total. The number of ether oxygens (including phenoxy) is 1. The normalized spacial score (nSPS) is 10.5. The van der Waals surface area contributed by atoms with Gasteiger partial charge in [-0.05, 0) is 13.3 Å². The van der Waals surface area contributed by atoms with E-state index in [9.17, 15) is 4.79 Å². The minimum Gasteiger partial charge on any atom is -0.461 e. The number of nitrogens with zero attached hydrogens (tertiary/aromatic N) is 4. The van der Waals surface area contributed by atoms with Crippen LogP contribution in [0.25, 0.3) is 5.65 Å². The van der Waals surface area contributed by atoms with E-state index in [2.05, 4.69) is 10.1 Å². The molecular weight excluding hydrogens is 303 g/mol. The third-order valence-corrected chi connectivity index (χ3v) is 3.19. The zero-order chi connectivity index (χ0) is 14.7. The van der Waals surface area contributed by atoms with E-state index in [0.717, 1.165) is 0 Å². The molecule has 0 aliphatic heterocycles. The van der Waals surface area contributed by atoms with Crippen molar-refractivity contribution in [1.29, 1.82) is 5.26 Å². The topological polar surface area (TPSA) is 80.3 Å². The number of hydrogen-bond acceptors (Lipinski definition) is 5. The Balaban J connectivity index is 2.72. The third kappa shape index (κ3) is 2.42. The van der Waals surface area contributed by atoms with Crippen molar-refractivity contribution in [2.45, 2.75) is 13.3 Å². The van der Waals surface area contributed by atoms with Crippen molar-refractivity contribution in [2.75, 3.05) is 12.5 Å². The molecule has 0 saturated heterocycles. The molecule has 2 aromatic rings. The molecule has 0 aliphatic carbocycles. The maximum absolute atomic E-state index is 12.0. The van der Waals surface area contributed by atoms with E-state index in [4.69, 9.17) is 33.2 Å². The molecule has 0 radical (unpaired) electrons. The van der Waals surface area contributed by atoms with Crippen LogP contribution >= 0.6 is 23.2 Å². The molecule has 0 fully saturated rings. The molecule has 0 unspecified atom stereocenters. The van der Waals surface area contributed by atoms with Crippen molar-refractivity contribution in [3.63, 3.8) is 0 Å². The zero-order valence-corrected chi connectivity index (χ0v) is 12.1. The van der Waals surface area contributed by atoms with Gasteiger partial charge in [0.1, 0.15) is 16.8 Å². The van der Waals surface area contributed by atoms with Gasteiger partial charge >= 0.3 is 5.97 Å². The van der Waals surface area contributed by atoms with E-state index in [1.807, 2.05) is 6.07 Å². The molecule has 0 aromatic carbocycles. The van der Waals surface area contributed by atoms with E-state index in [1.54, 1.807) is 6.92 Å². The number of halogens is 2.